The van der Waals surface area contributed by atoms with Crippen LogP contribution in [0.2, 0.25) is 0 Å². The maximum atomic E-state index is 5.86. The minimum atomic E-state index is 0.0816. The minimum absolute atomic E-state index is 0.0816. The first-order valence-corrected chi connectivity index (χ1v) is 4.12. The van der Waals surface area contributed by atoms with Crippen molar-refractivity contribution in [2.45, 2.75) is 26.3 Å². The van der Waals surface area contributed by atoms with Crippen molar-refractivity contribution < 1.29 is 0 Å². The molecule has 0 bridgehead atoms. The maximum Gasteiger partial charge on any atom is 0.123 e. The Morgan fingerprint density at radius 1 is 1.58 bits per heavy atom. The monoisotopic (exact) mass is 165 g/mol. The van der Waals surface area contributed by atoms with Crippen molar-refractivity contribution in [1.29, 1.82) is 0 Å². The van der Waals surface area contributed by atoms with Crippen LogP contribution in [-0.4, -0.2) is 4.98 Å². The first-order valence-electron chi connectivity index (χ1n) is 4.12. The second kappa shape index (κ2) is 3.54. The number of nitrogen functional groups attached to an aromatic ring is 1. The number of hydrogen-bond donors (Lipinski definition) is 2. The number of nitrogens with two attached hydrogens (primary N) is 2. The average molecular weight is 165 g/mol. The number of aromatic nitrogens is 1. The lowest BCUT2D eigenvalue weighted by atomic mass is 10.0. The van der Waals surface area contributed by atoms with E-state index in [1.807, 2.05) is 13.0 Å². The summed E-state index contributed by atoms with van der Waals surface area (Å²) in [5, 5.41) is 0. The third-order valence-corrected chi connectivity index (χ3v) is 2.01. The molecule has 1 heterocycles. The van der Waals surface area contributed by atoms with Crippen molar-refractivity contribution in [2.75, 3.05) is 5.73 Å². The molecule has 0 saturated heterocycles. The van der Waals surface area contributed by atoms with Gasteiger partial charge in [-0.15, -0.1) is 0 Å². The summed E-state index contributed by atoms with van der Waals surface area (Å²) in [6.45, 7) is 4.06. The highest BCUT2D eigenvalue weighted by Gasteiger charge is 2.06. The summed E-state index contributed by atoms with van der Waals surface area (Å²) >= 11 is 0. The number of hydrogen-bond acceptors (Lipinski definition) is 3. The number of pyridine rings is 1. The van der Waals surface area contributed by atoms with Gasteiger partial charge in [0.2, 0.25) is 0 Å². The molecule has 1 rings (SSSR count). The largest absolute Gasteiger partial charge is 0.384 e. The molecular weight excluding hydrogens is 150 g/mol. The van der Waals surface area contributed by atoms with E-state index in [2.05, 4.69) is 11.9 Å². The van der Waals surface area contributed by atoms with Gasteiger partial charge in [0, 0.05) is 12.2 Å². The SMILES string of the molecule is CCC(N)c1cnc(N)cc1C. The van der Waals surface area contributed by atoms with Gasteiger partial charge in [-0.3, -0.25) is 0 Å². The van der Waals surface area contributed by atoms with Gasteiger partial charge >= 0.3 is 0 Å². The molecule has 4 N–H and O–H groups in total. The second-order valence-corrected chi connectivity index (χ2v) is 2.98. The molecule has 0 fully saturated rings. The summed E-state index contributed by atoms with van der Waals surface area (Å²) < 4.78 is 0. The molecule has 0 saturated carbocycles. The van der Waals surface area contributed by atoms with E-state index < -0.39 is 0 Å². The lowest BCUT2D eigenvalue weighted by Gasteiger charge is -2.11. The zero-order valence-electron chi connectivity index (χ0n) is 7.54. The predicted octanol–water partition coefficient (Wildman–Crippen LogP) is 1.38. The quantitative estimate of drug-likeness (QED) is 0.695. The van der Waals surface area contributed by atoms with Gasteiger partial charge in [-0.2, -0.15) is 0 Å². The fraction of sp³-hybridized carbons (Fsp3) is 0.444. The Bertz CT molecular complexity index is 270. The van der Waals surface area contributed by atoms with Crippen molar-refractivity contribution in [1.82, 2.24) is 4.98 Å². The highest BCUT2D eigenvalue weighted by molar-refractivity contribution is 5.37. The highest BCUT2D eigenvalue weighted by atomic mass is 14.8. The Hall–Kier alpha value is -1.09. The van der Waals surface area contributed by atoms with Gasteiger partial charge in [-0.1, -0.05) is 6.92 Å². The van der Waals surface area contributed by atoms with Crippen LogP contribution in [0.15, 0.2) is 12.3 Å². The molecule has 0 radical (unpaired) electrons. The van der Waals surface area contributed by atoms with Crippen molar-refractivity contribution in [3.8, 4) is 0 Å². The van der Waals surface area contributed by atoms with E-state index in [4.69, 9.17) is 11.5 Å². The molecule has 0 spiro atoms. The molecule has 0 aliphatic heterocycles. The Morgan fingerprint density at radius 3 is 2.75 bits per heavy atom. The van der Waals surface area contributed by atoms with E-state index in [0.717, 1.165) is 17.5 Å². The molecule has 0 aliphatic rings. The Kier molecular flexibility index (Phi) is 2.65. The van der Waals surface area contributed by atoms with Gasteiger partial charge in [-0.05, 0) is 30.5 Å². The van der Waals surface area contributed by atoms with Gasteiger partial charge in [0.1, 0.15) is 5.82 Å². The number of anilines is 1. The van der Waals surface area contributed by atoms with Crippen LogP contribution in [0, 0.1) is 6.92 Å². The van der Waals surface area contributed by atoms with Gasteiger partial charge in [0.05, 0.1) is 0 Å². The summed E-state index contributed by atoms with van der Waals surface area (Å²) in [4.78, 5) is 4.01. The fourth-order valence-electron chi connectivity index (χ4n) is 1.20. The zero-order valence-corrected chi connectivity index (χ0v) is 7.54. The van der Waals surface area contributed by atoms with Crippen LogP contribution in [0.3, 0.4) is 0 Å². The number of nitrogens with zero attached hydrogens (tertiary/aromatic N) is 1. The van der Waals surface area contributed by atoms with Crippen molar-refractivity contribution >= 4 is 5.82 Å². The Balaban J connectivity index is 3.01. The smallest absolute Gasteiger partial charge is 0.123 e. The van der Waals surface area contributed by atoms with Crippen LogP contribution in [0.4, 0.5) is 5.82 Å². The molecule has 66 valence electrons. The van der Waals surface area contributed by atoms with Crippen LogP contribution in [-0.2, 0) is 0 Å². The molecule has 12 heavy (non-hydrogen) atoms. The summed E-state index contributed by atoms with van der Waals surface area (Å²) in [5.41, 5.74) is 13.6. The summed E-state index contributed by atoms with van der Waals surface area (Å²) in [6, 6.07) is 1.93. The van der Waals surface area contributed by atoms with Gasteiger partial charge in [-0.25, -0.2) is 4.98 Å². The molecule has 1 unspecified atom stereocenters. The minimum Gasteiger partial charge on any atom is -0.384 e. The second-order valence-electron chi connectivity index (χ2n) is 2.98. The van der Waals surface area contributed by atoms with Crippen LogP contribution in [0.5, 0.6) is 0 Å². The van der Waals surface area contributed by atoms with Crippen LogP contribution in [0.25, 0.3) is 0 Å². The molecule has 3 nitrogen and oxygen atoms in total. The van der Waals surface area contributed by atoms with Crippen molar-refractivity contribution in [3.05, 3.63) is 23.4 Å². The van der Waals surface area contributed by atoms with Gasteiger partial charge in [0.25, 0.3) is 0 Å². The van der Waals surface area contributed by atoms with E-state index in [1.54, 1.807) is 6.20 Å². The lowest BCUT2D eigenvalue weighted by Crippen LogP contribution is -2.11. The average Bonchev–Trinajstić information content (AvgIpc) is 2.03. The van der Waals surface area contributed by atoms with Crippen molar-refractivity contribution in [2.24, 2.45) is 5.73 Å². The number of rotatable bonds is 2. The summed E-state index contributed by atoms with van der Waals surface area (Å²) in [5.74, 6) is 0.555. The standard InChI is InChI=1S/C9H15N3/c1-3-8(10)7-5-12-9(11)4-6(7)2/h4-5,8H,3,10H2,1-2H3,(H2,11,12). The molecule has 3 heteroatoms. The van der Waals surface area contributed by atoms with Gasteiger partial charge in [0.15, 0.2) is 0 Å². The third kappa shape index (κ3) is 1.74. The fourth-order valence-corrected chi connectivity index (χ4v) is 1.20. The summed E-state index contributed by atoms with van der Waals surface area (Å²) in [6.07, 6.45) is 2.69. The van der Waals surface area contributed by atoms with E-state index in [-0.39, 0.29) is 6.04 Å². The molecule has 0 aromatic carbocycles. The van der Waals surface area contributed by atoms with Crippen LogP contribution >= 0.6 is 0 Å². The molecule has 0 aliphatic carbocycles. The van der Waals surface area contributed by atoms with Crippen molar-refractivity contribution in [3.63, 3.8) is 0 Å². The molecule has 0 amide bonds. The molecular formula is C9H15N3. The Morgan fingerprint density at radius 2 is 2.25 bits per heavy atom. The topological polar surface area (TPSA) is 64.9 Å². The Labute approximate surface area is 72.8 Å². The lowest BCUT2D eigenvalue weighted by molar-refractivity contribution is 0.690. The maximum absolute atomic E-state index is 5.86. The van der Waals surface area contributed by atoms with E-state index >= 15 is 0 Å². The van der Waals surface area contributed by atoms with Crippen LogP contribution in [0.1, 0.15) is 30.5 Å². The third-order valence-electron chi connectivity index (χ3n) is 2.01. The normalized spacial score (nSPS) is 12.9. The first kappa shape index (κ1) is 9.00. The predicted molar refractivity (Wildman–Crippen MR) is 50.6 cm³/mol. The number of aryl methyl sites for hydroxylation is 1. The van der Waals surface area contributed by atoms with Gasteiger partial charge < -0.3 is 11.5 Å². The first-order chi connectivity index (χ1) is 5.65. The highest BCUT2D eigenvalue weighted by Crippen LogP contribution is 2.18. The van der Waals surface area contributed by atoms with E-state index in [1.165, 1.54) is 0 Å². The summed E-state index contributed by atoms with van der Waals surface area (Å²) in [7, 11) is 0. The zero-order chi connectivity index (χ0) is 9.14. The molecule has 1 aromatic heterocycles. The van der Waals surface area contributed by atoms with E-state index in [9.17, 15) is 0 Å². The molecule has 1 aromatic rings. The molecule has 1 atom stereocenters. The van der Waals surface area contributed by atoms with E-state index in [0.29, 0.717) is 5.82 Å². The van der Waals surface area contributed by atoms with Crippen LogP contribution < -0.4 is 11.5 Å².